The van der Waals surface area contributed by atoms with Gasteiger partial charge in [-0.05, 0) is 23.3 Å². The predicted octanol–water partition coefficient (Wildman–Crippen LogP) is 2.41. The lowest BCUT2D eigenvalue weighted by Gasteiger charge is -2.36. The van der Waals surface area contributed by atoms with E-state index in [9.17, 15) is 13.7 Å². The summed E-state index contributed by atoms with van der Waals surface area (Å²) in [6.07, 6.45) is 0. The average molecular weight is 385 g/mol. The molecule has 0 N–H and O–H groups in total. The van der Waals surface area contributed by atoms with Crippen LogP contribution in [0.4, 0.5) is 0 Å². The highest BCUT2D eigenvalue weighted by atomic mass is 32.2. The summed E-state index contributed by atoms with van der Waals surface area (Å²) < 4.78 is 32.1. The van der Waals surface area contributed by atoms with Crippen LogP contribution in [0.15, 0.2) is 54.6 Å². The highest BCUT2D eigenvalue weighted by molar-refractivity contribution is 7.88. The summed E-state index contributed by atoms with van der Waals surface area (Å²) in [6.45, 7) is 1.81. The van der Waals surface area contributed by atoms with E-state index >= 15 is 0 Å². The fraction of sp³-hybridized carbons (Fsp3) is 0.350. The third kappa shape index (κ3) is 4.66. The van der Waals surface area contributed by atoms with E-state index in [4.69, 9.17) is 4.74 Å². The summed E-state index contributed by atoms with van der Waals surface area (Å²) in [7, 11) is -1.77. The van der Waals surface area contributed by atoms with E-state index in [0.29, 0.717) is 31.9 Å². The molecule has 0 radical (unpaired) electrons. The molecule has 1 fully saturated rings. The maximum absolute atomic E-state index is 12.7. The van der Waals surface area contributed by atoms with Crippen LogP contribution in [0.25, 0.3) is 0 Å². The molecule has 2 aromatic rings. The Morgan fingerprint density at radius 2 is 1.78 bits per heavy atom. The van der Waals surface area contributed by atoms with Crippen molar-refractivity contribution >= 4 is 10.0 Å². The average Bonchev–Trinajstić information content (AvgIpc) is 2.69. The van der Waals surface area contributed by atoms with Gasteiger partial charge in [-0.3, -0.25) is 4.90 Å². The first-order valence-corrected chi connectivity index (χ1v) is 10.4. The maximum atomic E-state index is 12.7. The number of ether oxygens (including phenoxy) is 1. The SMILES string of the molecule is COc1cccc(C(C#N)N2CCN(S(=O)(=O)Cc3ccccc3)CC2)c1. The Balaban J connectivity index is 1.66. The number of nitrogens with zero attached hydrogens (tertiary/aromatic N) is 3. The van der Waals surface area contributed by atoms with Crippen LogP contribution in [0.2, 0.25) is 0 Å². The van der Waals surface area contributed by atoms with Gasteiger partial charge < -0.3 is 4.74 Å². The molecule has 142 valence electrons. The molecule has 1 saturated heterocycles. The minimum absolute atomic E-state index is 0.00536. The molecule has 0 bridgehead atoms. The van der Waals surface area contributed by atoms with Gasteiger partial charge in [0.2, 0.25) is 10.0 Å². The quantitative estimate of drug-likeness (QED) is 0.763. The molecule has 0 aromatic heterocycles. The molecule has 2 aromatic carbocycles. The molecule has 0 amide bonds. The number of piperazine rings is 1. The van der Waals surface area contributed by atoms with Crippen molar-refractivity contribution in [2.45, 2.75) is 11.8 Å². The van der Waals surface area contributed by atoms with E-state index in [1.807, 2.05) is 59.5 Å². The third-order valence-electron chi connectivity index (χ3n) is 4.76. The summed E-state index contributed by atoms with van der Waals surface area (Å²) in [5.41, 5.74) is 1.64. The Hall–Kier alpha value is -2.40. The molecule has 1 unspecified atom stereocenters. The lowest BCUT2D eigenvalue weighted by Crippen LogP contribution is -2.49. The largest absolute Gasteiger partial charge is 0.497 e. The van der Waals surface area contributed by atoms with Crippen LogP contribution < -0.4 is 4.74 Å². The fourth-order valence-electron chi connectivity index (χ4n) is 3.29. The molecule has 1 aliphatic heterocycles. The molecule has 0 saturated carbocycles. The molecule has 1 aliphatic rings. The Morgan fingerprint density at radius 3 is 2.41 bits per heavy atom. The van der Waals surface area contributed by atoms with Crippen molar-refractivity contribution in [1.82, 2.24) is 9.21 Å². The lowest BCUT2D eigenvalue weighted by atomic mass is 10.1. The minimum atomic E-state index is -3.36. The molecule has 1 atom stereocenters. The monoisotopic (exact) mass is 385 g/mol. The summed E-state index contributed by atoms with van der Waals surface area (Å²) in [5.74, 6) is 0.711. The zero-order chi connectivity index (χ0) is 19.3. The Kier molecular flexibility index (Phi) is 6.11. The van der Waals surface area contributed by atoms with Gasteiger partial charge in [0.25, 0.3) is 0 Å². The van der Waals surface area contributed by atoms with Crippen molar-refractivity contribution < 1.29 is 13.2 Å². The van der Waals surface area contributed by atoms with Crippen LogP contribution in [0, 0.1) is 11.3 Å². The molecular formula is C20H23N3O3S. The topological polar surface area (TPSA) is 73.6 Å². The van der Waals surface area contributed by atoms with Crippen molar-refractivity contribution in [3.63, 3.8) is 0 Å². The van der Waals surface area contributed by atoms with Crippen molar-refractivity contribution in [2.24, 2.45) is 0 Å². The zero-order valence-electron chi connectivity index (χ0n) is 15.3. The van der Waals surface area contributed by atoms with Gasteiger partial charge in [0.05, 0.1) is 18.9 Å². The van der Waals surface area contributed by atoms with Crippen molar-refractivity contribution in [1.29, 1.82) is 5.26 Å². The first-order valence-electron chi connectivity index (χ1n) is 8.83. The van der Waals surface area contributed by atoms with Gasteiger partial charge in [0.15, 0.2) is 0 Å². The van der Waals surface area contributed by atoms with E-state index in [0.717, 1.165) is 11.1 Å². The van der Waals surface area contributed by atoms with E-state index < -0.39 is 16.1 Å². The van der Waals surface area contributed by atoms with Gasteiger partial charge >= 0.3 is 0 Å². The molecule has 27 heavy (non-hydrogen) atoms. The molecular weight excluding hydrogens is 362 g/mol. The number of rotatable bonds is 6. The number of hydrogen-bond donors (Lipinski definition) is 0. The summed E-state index contributed by atoms with van der Waals surface area (Å²) in [6, 6.07) is 18.6. The molecule has 7 heteroatoms. The molecule has 3 rings (SSSR count). The Bertz CT molecular complexity index is 902. The second-order valence-electron chi connectivity index (χ2n) is 6.49. The highest BCUT2D eigenvalue weighted by Crippen LogP contribution is 2.25. The first kappa shape index (κ1) is 19.4. The fourth-order valence-corrected chi connectivity index (χ4v) is 4.81. The summed E-state index contributed by atoms with van der Waals surface area (Å²) in [4.78, 5) is 2.02. The normalized spacial score (nSPS) is 17.2. The van der Waals surface area contributed by atoms with Gasteiger partial charge in [0.1, 0.15) is 11.8 Å². The summed E-state index contributed by atoms with van der Waals surface area (Å²) >= 11 is 0. The second-order valence-corrected chi connectivity index (χ2v) is 8.45. The second kappa shape index (κ2) is 8.53. The number of sulfonamides is 1. The van der Waals surface area contributed by atoms with E-state index in [-0.39, 0.29) is 5.75 Å². The van der Waals surface area contributed by atoms with E-state index in [1.54, 1.807) is 7.11 Å². The van der Waals surface area contributed by atoms with Crippen LogP contribution in [0.5, 0.6) is 5.75 Å². The smallest absolute Gasteiger partial charge is 0.218 e. The third-order valence-corrected chi connectivity index (χ3v) is 6.61. The minimum Gasteiger partial charge on any atom is -0.497 e. The lowest BCUT2D eigenvalue weighted by molar-refractivity contribution is 0.162. The van der Waals surface area contributed by atoms with Crippen LogP contribution in [-0.4, -0.2) is 50.9 Å². The number of nitriles is 1. The van der Waals surface area contributed by atoms with Gasteiger partial charge in [0, 0.05) is 26.2 Å². The van der Waals surface area contributed by atoms with Gasteiger partial charge in [-0.15, -0.1) is 0 Å². The van der Waals surface area contributed by atoms with Gasteiger partial charge in [-0.25, -0.2) is 8.42 Å². The molecule has 6 nitrogen and oxygen atoms in total. The van der Waals surface area contributed by atoms with Crippen molar-refractivity contribution in [3.05, 3.63) is 65.7 Å². The van der Waals surface area contributed by atoms with Crippen LogP contribution in [0.1, 0.15) is 17.2 Å². The molecule has 1 heterocycles. The Morgan fingerprint density at radius 1 is 1.07 bits per heavy atom. The maximum Gasteiger partial charge on any atom is 0.218 e. The van der Waals surface area contributed by atoms with Crippen LogP contribution >= 0.6 is 0 Å². The standard InChI is InChI=1S/C20H23N3O3S/c1-26-19-9-5-8-18(14-19)20(15-21)22-10-12-23(13-11-22)27(24,25)16-17-6-3-2-4-7-17/h2-9,14,20H,10-13,16H2,1H3. The van der Waals surface area contributed by atoms with Crippen molar-refractivity contribution in [3.8, 4) is 11.8 Å². The zero-order valence-corrected chi connectivity index (χ0v) is 16.1. The Labute approximate surface area is 160 Å². The number of benzene rings is 2. The van der Waals surface area contributed by atoms with Crippen LogP contribution in [0.3, 0.4) is 0 Å². The van der Waals surface area contributed by atoms with E-state index in [1.165, 1.54) is 4.31 Å². The highest BCUT2D eigenvalue weighted by Gasteiger charge is 2.30. The van der Waals surface area contributed by atoms with E-state index in [2.05, 4.69) is 6.07 Å². The van der Waals surface area contributed by atoms with Gasteiger partial charge in [-0.1, -0.05) is 42.5 Å². The molecule has 0 spiro atoms. The van der Waals surface area contributed by atoms with Crippen LogP contribution in [-0.2, 0) is 15.8 Å². The molecule has 0 aliphatic carbocycles. The van der Waals surface area contributed by atoms with Crippen molar-refractivity contribution in [2.75, 3.05) is 33.3 Å². The van der Waals surface area contributed by atoms with Gasteiger partial charge in [-0.2, -0.15) is 9.57 Å². The first-order chi connectivity index (χ1) is 13.0. The summed E-state index contributed by atoms with van der Waals surface area (Å²) in [5, 5.41) is 9.65. The number of methoxy groups -OCH3 is 1. The number of hydrogen-bond acceptors (Lipinski definition) is 5. The predicted molar refractivity (Wildman–Crippen MR) is 104 cm³/mol.